The number of ether oxygens (including phenoxy) is 1. The van der Waals surface area contributed by atoms with Crippen molar-refractivity contribution >= 4 is 23.8 Å². The fourth-order valence-electron chi connectivity index (χ4n) is 4.68. The molecule has 5 rings (SSSR count). The zero-order valence-corrected chi connectivity index (χ0v) is 19.3. The van der Waals surface area contributed by atoms with Gasteiger partial charge in [0, 0.05) is 31.7 Å². The third-order valence-corrected chi connectivity index (χ3v) is 6.44. The van der Waals surface area contributed by atoms with Crippen molar-refractivity contribution in [3.8, 4) is 11.1 Å². The molecule has 35 heavy (non-hydrogen) atoms. The molecule has 1 saturated carbocycles. The maximum Gasteiger partial charge on any atom is 0.412 e. The van der Waals surface area contributed by atoms with Gasteiger partial charge in [0.1, 0.15) is 12.2 Å². The van der Waals surface area contributed by atoms with E-state index in [1.54, 1.807) is 11.9 Å². The standard InChI is InChI=1S/C26H26N4O5/c1-29-14-21(25(33)30(16-10-11-16)13-12-23(31)32)24(28-29)27-26(34)35-15-22-19-8-4-2-6-17(19)18-7-3-5-9-20(18)22/h2-9,14,16,22H,10-13,15H2,1H3,(H,31,32)(H,27,28,34). The number of amides is 2. The Balaban J connectivity index is 1.28. The van der Waals surface area contributed by atoms with Crippen LogP contribution in [-0.4, -0.2) is 57.0 Å². The van der Waals surface area contributed by atoms with Gasteiger partial charge in [0.2, 0.25) is 0 Å². The third-order valence-electron chi connectivity index (χ3n) is 6.44. The molecule has 180 valence electrons. The second-order valence-corrected chi connectivity index (χ2v) is 8.89. The minimum absolute atomic E-state index is 0.0179. The number of hydrogen-bond donors (Lipinski definition) is 2. The summed E-state index contributed by atoms with van der Waals surface area (Å²) in [5.74, 6) is -1.31. The van der Waals surface area contributed by atoms with Crippen LogP contribution in [0.5, 0.6) is 0 Å². The number of nitrogens with one attached hydrogen (secondary N) is 1. The van der Waals surface area contributed by atoms with Gasteiger partial charge in [-0.25, -0.2) is 4.79 Å². The first-order valence-corrected chi connectivity index (χ1v) is 11.6. The van der Waals surface area contributed by atoms with Crippen LogP contribution in [0.4, 0.5) is 10.6 Å². The van der Waals surface area contributed by atoms with E-state index < -0.39 is 12.1 Å². The molecule has 9 nitrogen and oxygen atoms in total. The van der Waals surface area contributed by atoms with Crippen molar-refractivity contribution in [1.82, 2.24) is 14.7 Å². The topological polar surface area (TPSA) is 114 Å². The van der Waals surface area contributed by atoms with Gasteiger partial charge in [-0.05, 0) is 35.1 Å². The normalized spacial score (nSPS) is 14.2. The fraction of sp³-hybridized carbons (Fsp3) is 0.308. The molecule has 0 spiro atoms. The molecule has 2 aliphatic carbocycles. The quantitative estimate of drug-likeness (QED) is 0.513. The van der Waals surface area contributed by atoms with Crippen molar-refractivity contribution in [2.75, 3.05) is 18.5 Å². The molecule has 0 saturated heterocycles. The zero-order chi connectivity index (χ0) is 24.5. The Hall–Kier alpha value is -4.14. The van der Waals surface area contributed by atoms with Gasteiger partial charge in [-0.2, -0.15) is 5.10 Å². The molecular formula is C26H26N4O5. The van der Waals surface area contributed by atoms with E-state index in [2.05, 4.69) is 22.5 Å². The highest BCUT2D eigenvalue weighted by atomic mass is 16.5. The van der Waals surface area contributed by atoms with Gasteiger partial charge in [-0.1, -0.05) is 48.5 Å². The van der Waals surface area contributed by atoms with Gasteiger partial charge < -0.3 is 14.7 Å². The number of carbonyl (C=O) groups is 3. The lowest BCUT2D eigenvalue weighted by molar-refractivity contribution is -0.137. The fourth-order valence-corrected chi connectivity index (χ4v) is 4.68. The molecule has 1 fully saturated rings. The number of nitrogens with zero attached hydrogens (tertiary/aromatic N) is 3. The predicted octanol–water partition coefficient (Wildman–Crippen LogP) is 3.86. The Kier molecular flexibility index (Phi) is 5.98. The highest BCUT2D eigenvalue weighted by Gasteiger charge is 2.35. The SMILES string of the molecule is Cn1cc(C(=O)N(CCC(=O)O)C2CC2)c(NC(=O)OCC2c3ccccc3-c3ccccc32)n1. The summed E-state index contributed by atoms with van der Waals surface area (Å²) in [5.41, 5.74) is 4.69. The minimum Gasteiger partial charge on any atom is -0.481 e. The summed E-state index contributed by atoms with van der Waals surface area (Å²) >= 11 is 0. The monoisotopic (exact) mass is 474 g/mol. The highest BCUT2D eigenvalue weighted by Crippen LogP contribution is 2.44. The number of hydrogen-bond acceptors (Lipinski definition) is 5. The molecule has 3 aromatic rings. The number of aliphatic carboxylic acids is 1. The van der Waals surface area contributed by atoms with Crippen LogP contribution in [0.15, 0.2) is 54.7 Å². The van der Waals surface area contributed by atoms with Crippen molar-refractivity contribution in [2.45, 2.75) is 31.2 Å². The lowest BCUT2D eigenvalue weighted by Crippen LogP contribution is -2.35. The molecule has 0 unspecified atom stereocenters. The summed E-state index contributed by atoms with van der Waals surface area (Å²) in [5, 5.41) is 15.9. The number of carboxylic acids is 1. The van der Waals surface area contributed by atoms with Crippen LogP contribution >= 0.6 is 0 Å². The van der Waals surface area contributed by atoms with E-state index in [-0.39, 0.29) is 48.8 Å². The van der Waals surface area contributed by atoms with Crippen LogP contribution in [0, 0.1) is 0 Å². The molecule has 2 amide bonds. The number of benzene rings is 2. The third kappa shape index (κ3) is 4.62. The summed E-state index contributed by atoms with van der Waals surface area (Å²) in [4.78, 5) is 38.5. The average Bonchev–Trinajstić information content (AvgIpc) is 3.54. The van der Waals surface area contributed by atoms with E-state index in [1.165, 1.54) is 10.9 Å². The van der Waals surface area contributed by atoms with E-state index >= 15 is 0 Å². The Morgan fingerprint density at radius 3 is 2.31 bits per heavy atom. The maximum atomic E-state index is 13.2. The summed E-state index contributed by atoms with van der Waals surface area (Å²) in [6, 6.07) is 16.2. The van der Waals surface area contributed by atoms with Crippen LogP contribution in [0.1, 0.15) is 46.7 Å². The predicted molar refractivity (Wildman–Crippen MR) is 128 cm³/mol. The van der Waals surface area contributed by atoms with Crippen LogP contribution in [-0.2, 0) is 16.6 Å². The van der Waals surface area contributed by atoms with Gasteiger partial charge in [-0.3, -0.25) is 19.6 Å². The van der Waals surface area contributed by atoms with Gasteiger partial charge >= 0.3 is 12.1 Å². The first-order valence-electron chi connectivity index (χ1n) is 11.6. The molecule has 0 aliphatic heterocycles. The summed E-state index contributed by atoms with van der Waals surface area (Å²) in [7, 11) is 1.65. The summed E-state index contributed by atoms with van der Waals surface area (Å²) < 4.78 is 7.02. The Morgan fingerprint density at radius 1 is 1.09 bits per heavy atom. The van der Waals surface area contributed by atoms with Crippen molar-refractivity contribution in [1.29, 1.82) is 0 Å². The number of carboxylic acid groups (broad SMARTS) is 1. The number of fused-ring (bicyclic) bond motifs is 3. The van der Waals surface area contributed by atoms with Crippen molar-refractivity contribution in [2.24, 2.45) is 7.05 Å². The second-order valence-electron chi connectivity index (χ2n) is 8.89. The second kappa shape index (κ2) is 9.25. The Morgan fingerprint density at radius 2 is 1.71 bits per heavy atom. The number of aromatic nitrogens is 2. The Bertz CT molecular complexity index is 1250. The molecule has 2 aliphatic rings. The summed E-state index contributed by atoms with van der Waals surface area (Å²) in [6.07, 6.45) is 2.35. The van der Waals surface area contributed by atoms with Gasteiger partial charge in [0.25, 0.3) is 5.91 Å². The average molecular weight is 475 g/mol. The molecule has 0 bridgehead atoms. The molecular weight excluding hydrogens is 448 g/mol. The molecule has 1 aromatic heterocycles. The molecule has 9 heteroatoms. The molecule has 2 aromatic carbocycles. The van der Waals surface area contributed by atoms with Crippen LogP contribution < -0.4 is 5.32 Å². The molecule has 2 N–H and O–H groups in total. The van der Waals surface area contributed by atoms with Crippen molar-refractivity contribution in [3.63, 3.8) is 0 Å². The highest BCUT2D eigenvalue weighted by molar-refractivity contribution is 6.01. The van der Waals surface area contributed by atoms with Crippen molar-refractivity contribution in [3.05, 3.63) is 71.4 Å². The van der Waals surface area contributed by atoms with E-state index in [9.17, 15) is 14.4 Å². The van der Waals surface area contributed by atoms with E-state index in [0.29, 0.717) is 0 Å². The molecule has 1 heterocycles. The number of aryl methyl sites for hydroxylation is 1. The van der Waals surface area contributed by atoms with Crippen LogP contribution in [0.3, 0.4) is 0 Å². The first kappa shape index (κ1) is 22.6. The maximum absolute atomic E-state index is 13.2. The van der Waals surface area contributed by atoms with Crippen LogP contribution in [0.2, 0.25) is 0 Å². The largest absolute Gasteiger partial charge is 0.481 e. The summed E-state index contributed by atoms with van der Waals surface area (Å²) in [6.45, 7) is 0.251. The molecule has 0 radical (unpaired) electrons. The molecule has 0 atom stereocenters. The minimum atomic E-state index is -0.966. The van der Waals surface area contributed by atoms with Crippen LogP contribution in [0.25, 0.3) is 11.1 Å². The smallest absolute Gasteiger partial charge is 0.412 e. The van der Waals surface area contributed by atoms with Gasteiger partial charge in [-0.15, -0.1) is 0 Å². The van der Waals surface area contributed by atoms with E-state index in [4.69, 9.17) is 9.84 Å². The number of rotatable bonds is 8. The van der Waals surface area contributed by atoms with Gasteiger partial charge in [0.15, 0.2) is 5.82 Å². The Labute approximate surface area is 202 Å². The van der Waals surface area contributed by atoms with E-state index in [0.717, 1.165) is 35.1 Å². The lowest BCUT2D eigenvalue weighted by atomic mass is 9.98. The number of anilines is 1. The van der Waals surface area contributed by atoms with Gasteiger partial charge in [0.05, 0.1) is 6.42 Å². The van der Waals surface area contributed by atoms with Crippen molar-refractivity contribution < 1.29 is 24.2 Å². The first-order chi connectivity index (χ1) is 16.9. The zero-order valence-electron chi connectivity index (χ0n) is 19.3. The van der Waals surface area contributed by atoms with E-state index in [1.807, 2.05) is 36.4 Å². The number of carbonyl (C=O) groups excluding carboxylic acids is 2. The lowest BCUT2D eigenvalue weighted by Gasteiger charge is -2.21.